The number of aryl methyl sites for hydroxylation is 1. The summed E-state index contributed by atoms with van der Waals surface area (Å²) in [6.07, 6.45) is 9.40. The largest absolute Gasteiger partial charge is 0.382 e. The van der Waals surface area contributed by atoms with Crippen molar-refractivity contribution in [3.63, 3.8) is 0 Å². The van der Waals surface area contributed by atoms with Gasteiger partial charge in [-0.3, -0.25) is 4.79 Å². The lowest BCUT2D eigenvalue weighted by atomic mass is 9.99. The molecule has 1 amide bonds. The monoisotopic (exact) mass is 496 g/mol. The molecule has 4 rings (SSSR count). The fraction of sp³-hybridized carbons (Fsp3) is 0.571. The molecule has 1 aromatic carbocycles. The highest BCUT2D eigenvalue weighted by Crippen LogP contribution is 2.43. The fourth-order valence-electron chi connectivity index (χ4n) is 5.14. The van der Waals surface area contributed by atoms with Gasteiger partial charge in [-0.1, -0.05) is 44.0 Å². The summed E-state index contributed by atoms with van der Waals surface area (Å²) >= 11 is 1.77. The van der Waals surface area contributed by atoms with Gasteiger partial charge in [0.15, 0.2) is 5.84 Å². The molecule has 1 aliphatic carbocycles. The van der Waals surface area contributed by atoms with E-state index in [1.807, 2.05) is 18.2 Å². The zero-order valence-electron chi connectivity index (χ0n) is 21.3. The number of hydrogen-bond donors (Lipinski definition) is 2. The lowest BCUT2D eigenvalue weighted by molar-refractivity contribution is -0.154. The van der Waals surface area contributed by atoms with E-state index in [4.69, 9.17) is 16.3 Å². The molecule has 35 heavy (non-hydrogen) atoms. The predicted octanol–water partition coefficient (Wildman–Crippen LogP) is 5.74. The number of carbonyl (C=O) groups excluding carboxylic acids is 1. The summed E-state index contributed by atoms with van der Waals surface area (Å²) in [7, 11) is 0. The zero-order valence-corrected chi connectivity index (χ0v) is 22.2. The van der Waals surface area contributed by atoms with Crippen molar-refractivity contribution < 1.29 is 9.53 Å². The van der Waals surface area contributed by atoms with Crippen molar-refractivity contribution in [2.24, 2.45) is 16.7 Å². The number of unbranched alkanes of at least 4 members (excludes halogenated alkanes) is 2. The summed E-state index contributed by atoms with van der Waals surface area (Å²) in [6.45, 7) is 6.48. The first-order valence-electron chi connectivity index (χ1n) is 13.2. The Morgan fingerprint density at radius 1 is 1.23 bits per heavy atom. The van der Waals surface area contributed by atoms with E-state index in [9.17, 15) is 4.79 Å². The Hall–Kier alpha value is -2.38. The van der Waals surface area contributed by atoms with E-state index in [1.54, 1.807) is 11.3 Å². The molecular weight excluding hydrogens is 456 g/mol. The van der Waals surface area contributed by atoms with Gasteiger partial charge in [-0.25, -0.2) is 0 Å². The Labute approximate surface area is 213 Å². The molecule has 1 saturated carbocycles. The van der Waals surface area contributed by atoms with Gasteiger partial charge in [0, 0.05) is 26.9 Å². The number of ether oxygens (including phenoxy) is 1. The van der Waals surface area contributed by atoms with Crippen molar-refractivity contribution in [2.45, 2.75) is 103 Å². The first-order chi connectivity index (χ1) is 16.9. The minimum Gasteiger partial charge on any atom is -0.382 e. The van der Waals surface area contributed by atoms with Gasteiger partial charge < -0.3 is 21.2 Å². The van der Waals surface area contributed by atoms with Crippen LogP contribution in [0.4, 0.5) is 0 Å². The van der Waals surface area contributed by atoms with Gasteiger partial charge >= 0.3 is 0 Å². The normalized spacial score (nSPS) is 21.6. The van der Waals surface area contributed by atoms with Gasteiger partial charge in [0.05, 0.1) is 12.1 Å². The SMILES string of the molecule is CCCCCc1cc([C@@H](C)N(C(=O)[C@H]2CCC[C@@H](C)O2)C2CC2)sc1-c1ccccc1/C(N)=N/N. The van der Waals surface area contributed by atoms with E-state index < -0.39 is 0 Å². The summed E-state index contributed by atoms with van der Waals surface area (Å²) in [6, 6.07) is 10.7. The van der Waals surface area contributed by atoms with Crippen LogP contribution in [0.2, 0.25) is 0 Å². The van der Waals surface area contributed by atoms with Crippen molar-refractivity contribution in [3.8, 4) is 10.4 Å². The van der Waals surface area contributed by atoms with Gasteiger partial charge in [0.25, 0.3) is 5.91 Å². The molecule has 2 heterocycles. The van der Waals surface area contributed by atoms with Crippen LogP contribution in [-0.4, -0.2) is 34.9 Å². The number of nitrogens with zero attached hydrogens (tertiary/aromatic N) is 2. The molecule has 1 aliphatic heterocycles. The first kappa shape index (κ1) is 25.7. The van der Waals surface area contributed by atoms with E-state index in [1.165, 1.54) is 28.2 Å². The van der Waals surface area contributed by atoms with Crippen LogP contribution in [0.5, 0.6) is 0 Å². The summed E-state index contributed by atoms with van der Waals surface area (Å²) in [5, 5.41) is 3.76. The zero-order chi connectivity index (χ0) is 24.9. The standard InChI is InChI=1S/C28H40N4O2S/c1-4-5-6-11-20-17-25(35-26(20)22-12-7-8-13-23(22)27(29)31-30)19(3)32(21-15-16-21)28(33)24-14-9-10-18(2)34-24/h7-8,12-13,17-19,21,24H,4-6,9-11,14-16,30H2,1-3H3,(H2,29,31)/t18-,19-,24-/m1/s1. The van der Waals surface area contributed by atoms with E-state index in [0.717, 1.165) is 56.1 Å². The number of amidine groups is 1. The van der Waals surface area contributed by atoms with Crippen LogP contribution in [0, 0.1) is 0 Å². The van der Waals surface area contributed by atoms with Gasteiger partial charge in [0.2, 0.25) is 0 Å². The fourth-order valence-corrected chi connectivity index (χ4v) is 6.44. The van der Waals surface area contributed by atoms with Gasteiger partial charge in [0.1, 0.15) is 6.10 Å². The molecule has 6 nitrogen and oxygen atoms in total. The first-order valence-corrected chi connectivity index (χ1v) is 14.0. The number of amides is 1. The molecule has 0 radical (unpaired) electrons. The van der Waals surface area contributed by atoms with Crippen molar-refractivity contribution in [3.05, 3.63) is 46.3 Å². The van der Waals surface area contributed by atoms with E-state index >= 15 is 0 Å². The highest BCUT2D eigenvalue weighted by Gasteiger charge is 2.41. The van der Waals surface area contributed by atoms with E-state index in [-0.39, 0.29) is 24.2 Å². The molecule has 3 atom stereocenters. The number of benzene rings is 1. The second-order valence-corrected chi connectivity index (χ2v) is 11.1. The summed E-state index contributed by atoms with van der Waals surface area (Å²) in [5.74, 6) is 6.04. The third-order valence-corrected chi connectivity index (χ3v) is 8.62. The molecule has 7 heteroatoms. The summed E-state index contributed by atoms with van der Waals surface area (Å²) in [5.41, 5.74) is 9.39. The minimum atomic E-state index is -0.313. The maximum absolute atomic E-state index is 13.7. The molecule has 2 aromatic rings. The number of thiophene rings is 1. The lowest BCUT2D eigenvalue weighted by Gasteiger charge is -2.35. The van der Waals surface area contributed by atoms with Gasteiger partial charge in [-0.15, -0.1) is 11.3 Å². The second-order valence-electron chi connectivity index (χ2n) is 10.0. The number of nitrogens with two attached hydrogens (primary N) is 2. The Kier molecular flexibility index (Phi) is 8.50. The molecule has 190 valence electrons. The van der Waals surface area contributed by atoms with Crippen molar-refractivity contribution in [1.82, 2.24) is 4.90 Å². The quantitative estimate of drug-likeness (QED) is 0.144. The molecule has 2 aliphatic rings. The van der Waals surface area contributed by atoms with Crippen LogP contribution in [-0.2, 0) is 16.0 Å². The average Bonchev–Trinajstić information content (AvgIpc) is 3.61. The maximum Gasteiger partial charge on any atom is 0.252 e. The van der Waals surface area contributed by atoms with Crippen LogP contribution >= 0.6 is 11.3 Å². The maximum atomic E-state index is 13.7. The van der Waals surface area contributed by atoms with Gasteiger partial charge in [-0.05, 0) is 70.4 Å². The highest BCUT2D eigenvalue weighted by molar-refractivity contribution is 7.15. The van der Waals surface area contributed by atoms with Crippen molar-refractivity contribution >= 4 is 23.1 Å². The predicted molar refractivity (Wildman–Crippen MR) is 144 cm³/mol. The topological polar surface area (TPSA) is 93.9 Å². The van der Waals surface area contributed by atoms with E-state index in [0.29, 0.717) is 11.9 Å². The summed E-state index contributed by atoms with van der Waals surface area (Å²) < 4.78 is 6.08. The Balaban J connectivity index is 1.68. The minimum absolute atomic E-state index is 0.00666. The van der Waals surface area contributed by atoms with Crippen molar-refractivity contribution in [1.29, 1.82) is 0 Å². The van der Waals surface area contributed by atoms with Crippen LogP contribution in [0.25, 0.3) is 10.4 Å². The van der Waals surface area contributed by atoms with Gasteiger partial charge in [-0.2, -0.15) is 5.10 Å². The molecule has 0 bridgehead atoms. The molecular formula is C28H40N4O2S. The van der Waals surface area contributed by atoms with Crippen LogP contribution < -0.4 is 11.6 Å². The molecule has 0 spiro atoms. The summed E-state index contributed by atoms with van der Waals surface area (Å²) in [4.78, 5) is 18.2. The average molecular weight is 497 g/mol. The Bertz CT molecular complexity index is 1050. The van der Waals surface area contributed by atoms with Crippen molar-refractivity contribution in [2.75, 3.05) is 0 Å². The number of rotatable bonds is 10. The second kappa shape index (κ2) is 11.6. The molecule has 4 N–H and O–H groups in total. The van der Waals surface area contributed by atoms with Crippen LogP contribution in [0.3, 0.4) is 0 Å². The molecule has 1 saturated heterocycles. The van der Waals surface area contributed by atoms with Crippen LogP contribution in [0.1, 0.15) is 94.2 Å². The Morgan fingerprint density at radius 3 is 2.69 bits per heavy atom. The third-order valence-electron chi connectivity index (χ3n) is 7.24. The number of hydrazone groups is 1. The Morgan fingerprint density at radius 2 is 2.00 bits per heavy atom. The lowest BCUT2D eigenvalue weighted by Crippen LogP contribution is -2.45. The van der Waals surface area contributed by atoms with E-state index in [2.05, 4.69) is 42.9 Å². The molecule has 2 fully saturated rings. The smallest absolute Gasteiger partial charge is 0.252 e. The number of hydrogen-bond acceptors (Lipinski definition) is 5. The molecule has 1 aromatic heterocycles. The van der Waals surface area contributed by atoms with Crippen LogP contribution in [0.15, 0.2) is 35.4 Å². The highest BCUT2D eigenvalue weighted by atomic mass is 32.1. The molecule has 0 unspecified atom stereocenters. The third kappa shape index (κ3) is 5.89. The number of carbonyl (C=O) groups is 1.